The second-order valence-electron chi connectivity index (χ2n) is 4.70. The maximum atomic E-state index is 12.1. The largest absolute Gasteiger partial charge is 0.496 e. The zero-order chi connectivity index (χ0) is 17.7. The summed E-state index contributed by atoms with van der Waals surface area (Å²) >= 11 is 9.13. The molecule has 0 aliphatic heterocycles. The number of carboxylic acid groups (broad SMARTS) is 1. The second-order valence-corrected chi connectivity index (χ2v) is 6.06. The van der Waals surface area contributed by atoms with Crippen molar-refractivity contribution in [2.75, 3.05) is 12.4 Å². The van der Waals surface area contributed by atoms with Gasteiger partial charge in [-0.1, -0.05) is 27.5 Å². The SMILES string of the molecule is COc1ccc(Br)cc1/C=C/C(=O)Nc1ccc(Cl)cc1C(=O)O. The number of anilines is 1. The van der Waals surface area contributed by atoms with E-state index in [2.05, 4.69) is 21.2 Å². The van der Waals surface area contributed by atoms with E-state index < -0.39 is 11.9 Å². The minimum atomic E-state index is -1.18. The van der Waals surface area contributed by atoms with E-state index in [1.165, 1.54) is 31.4 Å². The fourth-order valence-electron chi connectivity index (χ4n) is 1.98. The summed E-state index contributed by atoms with van der Waals surface area (Å²) in [6, 6.07) is 9.61. The van der Waals surface area contributed by atoms with Gasteiger partial charge in [-0.25, -0.2) is 4.79 Å². The van der Waals surface area contributed by atoms with E-state index in [-0.39, 0.29) is 16.3 Å². The van der Waals surface area contributed by atoms with E-state index in [1.807, 2.05) is 6.07 Å². The number of ether oxygens (including phenoxy) is 1. The first-order valence-electron chi connectivity index (χ1n) is 6.76. The van der Waals surface area contributed by atoms with Crippen LogP contribution in [0.25, 0.3) is 6.08 Å². The minimum absolute atomic E-state index is 0.0794. The number of rotatable bonds is 5. The molecule has 24 heavy (non-hydrogen) atoms. The maximum Gasteiger partial charge on any atom is 0.337 e. The highest BCUT2D eigenvalue weighted by Crippen LogP contribution is 2.24. The number of carbonyl (C=O) groups excluding carboxylic acids is 1. The smallest absolute Gasteiger partial charge is 0.337 e. The van der Waals surface area contributed by atoms with Crippen LogP contribution in [0, 0.1) is 0 Å². The highest BCUT2D eigenvalue weighted by molar-refractivity contribution is 9.10. The number of carbonyl (C=O) groups is 2. The van der Waals surface area contributed by atoms with Crippen LogP contribution in [0.15, 0.2) is 46.9 Å². The molecule has 0 aliphatic rings. The number of nitrogens with one attached hydrogen (secondary N) is 1. The van der Waals surface area contributed by atoms with E-state index in [0.717, 1.165) is 4.47 Å². The Morgan fingerprint density at radius 1 is 1.25 bits per heavy atom. The van der Waals surface area contributed by atoms with Gasteiger partial charge in [-0.2, -0.15) is 0 Å². The highest BCUT2D eigenvalue weighted by Gasteiger charge is 2.12. The van der Waals surface area contributed by atoms with Crippen LogP contribution in [0.3, 0.4) is 0 Å². The molecule has 0 unspecified atom stereocenters. The van der Waals surface area contributed by atoms with Crippen LogP contribution < -0.4 is 10.1 Å². The monoisotopic (exact) mass is 409 g/mol. The van der Waals surface area contributed by atoms with Gasteiger partial charge in [-0.05, 0) is 42.5 Å². The Bertz CT molecular complexity index is 820. The normalized spacial score (nSPS) is 10.6. The summed E-state index contributed by atoms with van der Waals surface area (Å²) in [6.45, 7) is 0. The Labute approximate surface area is 152 Å². The van der Waals surface area contributed by atoms with Crippen molar-refractivity contribution in [2.24, 2.45) is 0 Å². The molecule has 1 amide bonds. The average molecular weight is 411 g/mol. The summed E-state index contributed by atoms with van der Waals surface area (Å²) in [6.07, 6.45) is 2.87. The number of hydrogen-bond acceptors (Lipinski definition) is 3. The third-order valence-corrected chi connectivity index (χ3v) is 3.80. The number of carboxylic acids is 1. The molecule has 0 saturated heterocycles. The number of methoxy groups -OCH3 is 1. The number of amides is 1. The first-order valence-corrected chi connectivity index (χ1v) is 7.93. The summed E-state index contributed by atoms with van der Waals surface area (Å²) < 4.78 is 6.06. The van der Waals surface area contributed by atoms with Crippen LogP contribution in [0.4, 0.5) is 5.69 Å². The van der Waals surface area contributed by atoms with Gasteiger partial charge in [0, 0.05) is 21.1 Å². The summed E-state index contributed by atoms with van der Waals surface area (Å²) in [5.74, 6) is -1.03. The van der Waals surface area contributed by atoms with Gasteiger partial charge in [0.2, 0.25) is 5.91 Å². The van der Waals surface area contributed by atoms with Crippen LogP contribution in [-0.4, -0.2) is 24.1 Å². The lowest BCUT2D eigenvalue weighted by Crippen LogP contribution is -2.12. The minimum Gasteiger partial charge on any atom is -0.496 e. The lowest BCUT2D eigenvalue weighted by Gasteiger charge is -2.07. The highest BCUT2D eigenvalue weighted by atomic mass is 79.9. The molecule has 0 fully saturated rings. The summed E-state index contributed by atoms with van der Waals surface area (Å²) in [5, 5.41) is 12.0. The molecule has 2 rings (SSSR count). The third-order valence-electron chi connectivity index (χ3n) is 3.08. The molecule has 0 atom stereocenters. The van der Waals surface area contributed by atoms with Crippen molar-refractivity contribution in [3.63, 3.8) is 0 Å². The molecule has 5 nitrogen and oxygen atoms in total. The lowest BCUT2D eigenvalue weighted by atomic mass is 10.1. The number of halogens is 2. The standard InChI is InChI=1S/C17H13BrClNO4/c1-24-15-6-3-11(18)8-10(15)2-7-16(21)20-14-5-4-12(19)9-13(14)17(22)23/h2-9H,1H3,(H,20,21)(H,22,23)/b7-2+. The zero-order valence-corrected chi connectivity index (χ0v) is 14.9. The van der Waals surface area contributed by atoms with Crippen molar-refractivity contribution in [1.29, 1.82) is 0 Å². The predicted molar refractivity (Wildman–Crippen MR) is 96.8 cm³/mol. The second kappa shape index (κ2) is 7.99. The van der Waals surface area contributed by atoms with Crippen LogP contribution in [-0.2, 0) is 4.79 Å². The van der Waals surface area contributed by atoms with Gasteiger partial charge in [0.25, 0.3) is 0 Å². The molecule has 2 aromatic carbocycles. The summed E-state index contributed by atoms with van der Waals surface area (Å²) in [7, 11) is 1.54. The zero-order valence-electron chi connectivity index (χ0n) is 12.5. The molecule has 2 N–H and O–H groups in total. The van der Waals surface area contributed by atoms with E-state index in [0.29, 0.717) is 11.3 Å². The van der Waals surface area contributed by atoms with Gasteiger partial charge in [0.15, 0.2) is 0 Å². The van der Waals surface area contributed by atoms with Crippen molar-refractivity contribution >= 4 is 51.2 Å². The molecule has 0 aliphatic carbocycles. The fourth-order valence-corrected chi connectivity index (χ4v) is 2.53. The Morgan fingerprint density at radius 3 is 2.67 bits per heavy atom. The van der Waals surface area contributed by atoms with Crippen LogP contribution >= 0.6 is 27.5 Å². The number of aromatic carboxylic acids is 1. The van der Waals surface area contributed by atoms with Gasteiger partial charge in [0.1, 0.15) is 5.75 Å². The van der Waals surface area contributed by atoms with E-state index in [4.69, 9.17) is 21.4 Å². The van der Waals surface area contributed by atoms with Crippen LogP contribution in [0.2, 0.25) is 5.02 Å². The van der Waals surface area contributed by atoms with E-state index in [9.17, 15) is 9.59 Å². The van der Waals surface area contributed by atoms with Crippen molar-refractivity contribution in [3.8, 4) is 5.75 Å². The topological polar surface area (TPSA) is 75.6 Å². The van der Waals surface area contributed by atoms with E-state index >= 15 is 0 Å². The molecule has 0 spiro atoms. The molecule has 0 radical (unpaired) electrons. The molecule has 7 heteroatoms. The van der Waals surface area contributed by atoms with Crippen molar-refractivity contribution < 1.29 is 19.4 Å². The Kier molecular flexibility index (Phi) is 6.00. The summed E-state index contributed by atoms with van der Waals surface area (Å²) in [4.78, 5) is 23.3. The Morgan fingerprint density at radius 2 is 2.00 bits per heavy atom. The fraction of sp³-hybridized carbons (Fsp3) is 0.0588. The van der Waals surface area contributed by atoms with Crippen LogP contribution in [0.5, 0.6) is 5.75 Å². The molecule has 0 aromatic heterocycles. The molecule has 0 saturated carbocycles. The number of benzene rings is 2. The van der Waals surface area contributed by atoms with Gasteiger partial charge in [-0.15, -0.1) is 0 Å². The van der Waals surface area contributed by atoms with Crippen molar-refractivity contribution in [2.45, 2.75) is 0 Å². The first kappa shape index (κ1) is 18.0. The third kappa shape index (κ3) is 4.59. The molecular weight excluding hydrogens is 398 g/mol. The molecule has 0 bridgehead atoms. The average Bonchev–Trinajstić information content (AvgIpc) is 2.54. The molecule has 124 valence electrons. The van der Waals surface area contributed by atoms with Gasteiger partial charge >= 0.3 is 5.97 Å². The van der Waals surface area contributed by atoms with Crippen molar-refractivity contribution in [3.05, 3.63) is 63.1 Å². The predicted octanol–water partition coefficient (Wildman–Crippen LogP) is 4.46. The van der Waals surface area contributed by atoms with Gasteiger partial charge in [0.05, 0.1) is 18.4 Å². The Balaban J connectivity index is 2.20. The van der Waals surface area contributed by atoms with Crippen molar-refractivity contribution in [1.82, 2.24) is 0 Å². The Hall–Kier alpha value is -2.31. The molecule has 0 heterocycles. The van der Waals surface area contributed by atoms with Gasteiger partial charge < -0.3 is 15.2 Å². The van der Waals surface area contributed by atoms with E-state index in [1.54, 1.807) is 18.2 Å². The quantitative estimate of drug-likeness (QED) is 0.714. The maximum absolute atomic E-state index is 12.1. The molecule has 2 aromatic rings. The van der Waals surface area contributed by atoms with Crippen LogP contribution in [0.1, 0.15) is 15.9 Å². The first-order chi connectivity index (χ1) is 11.4. The lowest BCUT2D eigenvalue weighted by molar-refractivity contribution is -0.111. The van der Waals surface area contributed by atoms with Gasteiger partial charge in [-0.3, -0.25) is 4.79 Å². The number of hydrogen-bond donors (Lipinski definition) is 2. The summed E-state index contributed by atoms with van der Waals surface area (Å²) in [5.41, 5.74) is 0.795. The molecular formula is C17H13BrClNO4.